The van der Waals surface area contributed by atoms with Gasteiger partial charge in [-0.2, -0.15) is 0 Å². The Morgan fingerprint density at radius 1 is 0.972 bits per heavy atom. The van der Waals surface area contributed by atoms with E-state index in [2.05, 4.69) is 27.7 Å². The number of amides is 1. The van der Waals surface area contributed by atoms with Crippen LogP contribution in [0.3, 0.4) is 0 Å². The van der Waals surface area contributed by atoms with Gasteiger partial charge in [0.1, 0.15) is 5.82 Å². The summed E-state index contributed by atoms with van der Waals surface area (Å²) in [4.78, 5) is 21.6. The molecule has 5 heteroatoms. The molecule has 0 N–H and O–H groups in total. The van der Waals surface area contributed by atoms with Gasteiger partial charge in [0.05, 0.1) is 11.4 Å². The molecule has 0 saturated heterocycles. The average molecular weight is 507 g/mol. The van der Waals surface area contributed by atoms with E-state index >= 15 is 0 Å². The number of hydrogen-bond donors (Lipinski definition) is 0. The Labute approximate surface area is 220 Å². The van der Waals surface area contributed by atoms with Crippen molar-refractivity contribution in [1.82, 2.24) is 4.90 Å². The molecular formula is C31H39FN2OS. The first-order chi connectivity index (χ1) is 17.3. The van der Waals surface area contributed by atoms with Gasteiger partial charge in [-0.25, -0.2) is 9.38 Å². The summed E-state index contributed by atoms with van der Waals surface area (Å²) in [6.07, 6.45) is 2.01. The lowest BCUT2D eigenvalue weighted by atomic mass is 10.0. The highest BCUT2D eigenvalue weighted by Gasteiger charge is 2.21. The van der Waals surface area contributed by atoms with Crippen molar-refractivity contribution in [2.75, 3.05) is 13.6 Å². The fourth-order valence-corrected chi connectivity index (χ4v) is 4.45. The van der Waals surface area contributed by atoms with Crippen LogP contribution in [0.25, 0.3) is 0 Å². The van der Waals surface area contributed by atoms with E-state index in [1.807, 2.05) is 69.4 Å². The molecule has 192 valence electrons. The van der Waals surface area contributed by atoms with E-state index in [4.69, 9.17) is 4.99 Å². The first kappa shape index (κ1) is 29.3. The summed E-state index contributed by atoms with van der Waals surface area (Å²) in [5.41, 5.74) is 3.72. The lowest BCUT2D eigenvalue weighted by molar-refractivity contribution is 0.0793. The smallest absolute Gasteiger partial charge is 0.253 e. The van der Waals surface area contributed by atoms with Gasteiger partial charge in [0, 0.05) is 40.1 Å². The van der Waals surface area contributed by atoms with Crippen molar-refractivity contribution in [2.24, 2.45) is 10.9 Å². The van der Waals surface area contributed by atoms with Gasteiger partial charge in [-0.05, 0) is 48.7 Å². The van der Waals surface area contributed by atoms with Gasteiger partial charge >= 0.3 is 0 Å². The SMILES string of the molecule is CC.CC(C)C.CCCCN(C)C(=O)c1ccc2c(c1)N=C(c1cccc(F)c1)c1ccccc1S2. The molecule has 0 aromatic heterocycles. The Balaban J connectivity index is 0.000000694. The van der Waals surface area contributed by atoms with Crippen LogP contribution in [0.5, 0.6) is 0 Å². The molecule has 0 saturated carbocycles. The van der Waals surface area contributed by atoms with Crippen LogP contribution < -0.4 is 0 Å². The third-order valence-electron chi connectivity index (χ3n) is 5.09. The molecule has 3 aromatic carbocycles. The van der Waals surface area contributed by atoms with E-state index in [1.165, 1.54) is 12.1 Å². The summed E-state index contributed by atoms with van der Waals surface area (Å²) in [6, 6.07) is 20.1. The van der Waals surface area contributed by atoms with E-state index in [0.717, 1.165) is 46.3 Å². The highest BCUT2D eigenvalue weighted by molar-refractivity contribution is 7.99. The van der Waals surface area contributed by atoms with Gasteiger partial charge in [-0.15, -0.1) is 0 Å². The zero-order valence-corrected chi connectivity index (χ0v) is 23.5. The zero-order valence-electron chi connectivity index (χ0n) is 22.6. The van der Waals surface area contributed by atoms with Crippen molar-refractivity contribution in [3.8, 4) is 0 Å². The molecule has 0 spiro atoms. The van der Waals surface area contributed by atoms with Gasteiger partial charge < -0.3 is 4.90 Å². The first-order valence-corrected chi connectivity index (χ1v) is 13.6. The van der Waals surface area contributed by atoms with E-state index in [-0.39, 0.29) is 11.7 Å². The summed E-state index contributed by atoms with van der Waals surface area (Å²) < 4.78 is 13.9. The molecule has 1 amide bonds. The second-order valence-electron chi connectivity index (χ2n) is 9.06. The second-order valence-corrected chi connectivity index (χ2v) is 10.1. The summed E-state index contributed by atoms with van der Waals surface area (Å²) in [7, 11) is 1.83. The Morgan fingerprint density at radius 2 is 1.67 bits per heavy atom. The molecule has 0 atom stereocenters. The van der Waals surface area contributed by atoms with Crippen molar-refractivity contribution in [2.45, 2.75) is 64.2 Å². The number of carbonyl (C=O) groups excluding carboxylic acids is 1. The number of aliphatic imine (C=N–C) groups is 1. The Bertz CT molecular complexity index is 1170. The molecule has 1 aliphatic heterocycles. The molecule has 1 heterocycles. The molecule has 4 rings (SSSR count). The average Bonchev–Trinajstić information content (AvgIpc) is 3.04. The van der Waals surface area contributed by atoms with Crippen molar-refractivity contribution >= 4 is 29.1 Å². The van der Waals surface area contributed by atoms with Crippen LogP contribution in [-0.4, -0.2) is 30.1 Å². The zero-order chi connectivity index (χ0) is 26.7. The lowest BCUT2D eigenvalue weighted by Crippen LogP contribution is -2.27. The number of nitrogens with zero attached hydrogens (tertiary/aromatic N) is 2. The van der Waals surface area contributed by atoms with Crippen LogP contribution in [0.15, 0.2) is 81.5 Å². The topological polar surface area (TPSA) is 32.7 Å². The summed E-state index contributed by atoms with van der Waals surface area (Å²) in [5.74, 6) is 0.520. The van der Waals surface area contributed by atoms with Gasteiger partial charge in [-0.1, -0.05) is 90.1 Å². The standard InChI is InChI=1S/C25H23FN2OS.C4H10.C2H6/c1-3-4-14-28(2)25(29)18-12-13-23-21(16-18)27-24(17-8-7-9-19(26)15-17)20-10-5-6-11-22(20)30-23;1-4(2)3;1-2/h5-13,15-16H,3-4,14H2,1-2H3;4H,1-3H3;1-2H3. The van der Waals surface area contributed by atoms with E-state index in [0.29, 0.717) is 16.8 Å². The maximum atomic E-state index is 13.9. The third-order valence-corrected chi connectivity index (χ3v) is 6.23. The third kappa shape index (κ3) is 8.06. The van der Waals surface area contributed by atoms with Crippen molar-refractivity contribution in [1.29, 1.82) is 0 Å². The molecular weight excluding hydrogens is 467 g/mol. The highest BCUT2D eigenvalue weighted by atomic mass is 32.2. The highest BCUT2D eigenvalue weighted by Crippen LogP contribution is 2.41. The number of fused-ring (bicyclic) bond motifs is 2. The maximum Gasteiger partial charge on any atom is 0.253 e. The predicted octanol–water partition coefficient (Wildman–Crippen LogP) is 9.02. The second kappa shape index (κ2) is 14.6. The van der Waals surface area contributed by atoms with Crippen LogP contribution in [0.4, 0.5) is 10.1 Å². The minimum absolute atomic E-state index is 0.0134. The Hall–Kier alpha value is -2.92. The quantitative estimate of drug-likeness (QED) is 0.270. The molecule has 0 radical (unpaired) electrons. The number of benzene rings is 3. The molecule has 0 bridgehead atoms. The van der Waals surface area contributed by atoms with Crippen LogP contribution in [0.1, 0.15) is 75.9 Å². The van der Waals surface area contributed by atoms with Gasteiger partial charge in [0.2, 0.25) is 0 Å². The van der Waals surface area contributed by atoms with Crippen LogP contribution in [0.2, 0.25) is 0 Å². The monoisotopic (exact) mass is 506 g/mol. The van der Waals surface area contributed by atoms with Crippen LogP contribution in [0, 0.1) is 11.7 Å². The van der Waals surface area contributed by atoms with Crippen LogP contribution >= 0.6 is 11.8 Å². The molecule has 0 unspecified atom stereocenters. The van der Waals surface area contributed by atoms with Gasteiger partial charge in [-0.3, -0.25) is 4.79 Å². The van der Waals surface area contributed by atoms with E-state index in [9.17, 15) is 9.18 Å². The maximum absolute atomic E-state index is 13.9. The van der Waals surface area contributed by atoms with Crippen molar-refractivity contribution in [3.63, 3.8) is 0 Å². The largest absolute Gasteiger partial charge is 0.342 e. The van der Waals surface area contributed by atoms with Crippen molar-refractivity contribution in [3.05, 3.63) is 89.2 Å². The van der Waals surface area contributed by atoms with E-state index in [1.54, 1.807) is 22.7 Å². The first-order valence-electron chi connectivity index (χ1n) is 12.8. The lowest BCUT2D eigenvalue weighted by Gasteiger charge is -2.17. The molecule has 3 aromatic rings. The number of hydrogen-bond acceptors (Lipinski definition) is 3. The summed E-state index contributed by atoms with van der Waals surface area (Å²) in [6.45, 7) is 13.3. The summed E-state index contributed by atoms with van der Waals surface area (Å²) >= 11 is 1.62. The number of unbranched alkanes of at least 4 members (excludes halogenated alkanes) is 1. The number of halogens is 1. The normalized spacial score (nSPS) is 11.5. The summed E-state index contributed by atoms with van der Waals surface area (Å²) in [5, 5.41) is 0. The number of carbonyl (C=O) groups is 1. The molecule has 36 heavy (non-hydrogen) atoms. The predicted molar refractivity (Wildman–Crippen MR) is 152 cm³/mol. The van der Waals surface area contributed by atoms with Gasteiger partial charge in [0.15, 0.2) is 0 Å². The molecule has 0 aliphatic carbocycles. The van der Waals surface area contributed by atoms with E-state index < -0.39 is 0 Å². The van der Waals surface area contributed by atoms with Crippen molar-refractivity contribution < 1.29 is 9.18 Å². The van der Waals surface area contributed by atoms with Gasteiger partial charge in [0.25, 0.3) is 5.91 Å². The number of rotatable bonds is 5. The fourth-order valence-electron chi connectivity index (χ4n) is 3.45. The molecule has 0 fully saturated rings. The minimum atomic E-state index is -0.300. The minimum Gasteiger partial charge on any atom is -0.342 e. The fraction of sp³-hybridized carbons (Fsp3) is 0.355. The Morgan fingerprint density at radius 3 is 2.33 bits per heavy atom. The molecule has 3 nitrogen and oxygen atoms in total. The molecule has 1 aliphatic rings. The van der Waals surface area contributed by atoms with Crippen LogP contribution in [-0.2, 0) is 0 Å². The Kier molecular flexibility index (Phi) is 11.9.